The van der Waals surface area contributed by atoms with Gasteiger partial charge in [-0.15, -0.1) is 0 Å². The van der Waals surface area contributed by atoms with Crippen LogP contribution in [0.3, 0.4) is 0 Å². The predicted molar refractivity (Wildman–Crippen MR) is 66.6 cm³/mol. The van der Waals surface area contributed by atoms with Gasteiger partial charge in [-0.1, -0.05) is 12.1 Å². The summed E-state index contributed by atoms with van der Waals surface area (Å²) < 4.78 is 37.9. The van der Waals surface area contributed by atoms with Crippen LogP contribution in [0.1, 0.15) is 43.9 Å². The lowest BCUT2D eigenvalue weighted by Gasteiger charge is -2.24. The third-order valence-electron chi connectivity index (χ3n) is 3.59. The summed E-state index contributed by atoms with van der Waals surface area (Å²) in [5.41, 5.74) is -0.487. The molecule has 1 aromatic carbocycles. The van der Waals surface area contributed by atoms with Crippen LogP contribution in [0.2, 0.25) is 0 Å². The number of nitrogens with one attached hydrogen (secondary N) is 1. The quantitative estimate of drug-likeness (QED) is 0.866. The molecule has 0 radical (unpaired) electrons. The fraction of sp³-hybridized carbons (Fsp3) is 0.571. The zero-order chi connectivity index (χ0) is 14.3. The van der Waals surface area contributed by atoms with Crippen molar-refractivity contribution in [2.24, 2.45) is 0 Å². The van der Waals surface area contributed by atoms with Crippen molar-refractivity contribution in [1.29, 1.82) is 0 Å². The largest absolute Gasteiger partial charge is 0.416 e. The molecule has 0 unspecified atom stereocenters. The number of hydrogen-bond donors (Lipinski definition) is 2. The molecule has 1 aliphatic heterocycles. The van der Waals surface area contributed by atoms with Crippen molar-refractivity contribution in [3.05, 3.63) is 35.4 Å². The van der Waals surface area contributed by atoms with Crippen molar-refractivity contribution in [2.45, 2.75) is 50.6 Å². The number of rotatable bonds is 2. The van der Waals surface area contributed by atoms with Crippen LogP contribution in [-0.2, 0) is 6.18 Å². The van der Waals surface area contributed by atoms with Gasteiger partial charge in [-0.05, 0) is 44.4 Å². The van der Waals surface area contributed by atoms with E-state index in [0.717, 1.165) is 25.0 Å². The van der Waals surface area contributed by atoms with Gasteiger partial charge in [0, 0.05) is 11.6 Å². The number of halogens is 3. The monoisotopic (exact) mass is 273 g/mol. The Kier molecular flexibility index (Phi) is 3.62. The first-order valence-electron chi connectivity index (χ1n) is 6.32. The second-order valence-corrected chi connectivity index (χ2v) is 5.74. The lowest BCUT2D eigenvalue weighted by atomic mass is 9.98. The first kappa shape index (κ1) is 14.3. The van der Waals surface area contributed by atoms with E-state index in [9.17, 15) is 18.3 Å². The Morgan fingerprint density at radius 1 is 1.37 bits per heavy atom. The minimum absolute atomic E-state index is 0.0761. The minimum Gasteiger partial charge on any atom is -0.387 e. The van der Waals surface area contributed by atoms with Gasteiger partial charge in [-0.2, -0.15) is 13.2 Å². The van der Waals surface area contributed by atoms with Crippen LogP contribution in [0.15, 0.2) is 24.3 Å². The van der Waals surface area contributed by atoms with E-state index in [0.29, 0.717) is 5.56 Å². The summed E-state index contributed by atoms with van der Waals surface area (Å²) in [7, 11) is 0. The van der Waals surface area contributed by atoms with Gasteiger partial charge in [0.05, 0.1) is 11.7 Å². The maximum absolute atomic E-state index is 12.6. The van der Waals surface area contributed by atoms with E-state index >= 15 is 0 Å². The molecule has 106 valence electrons. The first-order valence-corrected chi connectivity index (χ1v) is 6.32. The Labute approximate surface area is 110 Å². The van der Waals surface area contributed by atoms with Crippen LogP contribution in [0.4, 0.5) is 13.2 Å². The third kappa shape index (κ3) is 3.28. The number of hydrogen-bond acceptors (Lipinski definition) is 2. The van der Waals surface area contributed by atoms with Gasteiger partial charge < -0.3 is 10.4 Å². The number of aliphatic hydroxyl groups excluding tert-OH is 1. The molecule has 0 bridgehead atoms. The van der Waals surface area contributed by atoms with Gasteiger partial charge in [-0.25, -0.2) is 0 Å². The molecule has 1 aromatic rings. The summed E-state index contributed by atoms with van der Waals surface area (Å²) in [4.78, 5) is 0. The summed E-state index contributed by atoms with van der Waals surface area (Å²) in [5.74, 6) is 0. The van der Waals surface area contributed by atoms with E-state index in [1.165, 1.54) is 12.1 Å². The van der Waals surface area contributed by atoms with Crippen molar-refractivity contribution in [3.63, 3.8) is 0 Å². The highest BCUT2D eigenvalue weighted by Crippen LogP contribution is 2.34. The summed E-state index contributed by atoms with van der Waals surface area (Å²) in [6, 6.07) is 4.72. The molecular weight excluding hydrogens is 255 g/mol. The standard InChI is InChI=1S/C14H18F3NO/c1-13(2)7-6-11(18-13)12(19)9-4-3-5-10(8-9)14(15,16)17/h3-5,8,11-12,18-19H,6-7H2,1-2H3/t11-,12+/m0/s1. The minimum atomic E-state index is -4.38. The fourth-order valence-electron chi connectivity index (χ4n) is 2.53. The maximum atomic E-state index is 12.6. The summed E-state index contributed by atoms with van der Waals surface area (Å²) in [6.45, 7) is 4.04. The second-order valence-electron chi connectivity index (χ2n) is 5.74. The van der Waals surface area contributed by atoms with Gasteiger partial charge in [0.2, 0.25) is 0 Å². The lowest BCUT2D eigenvalue weighted by Crippen LogP contribution is -2.40. The molecule has 2 N–H and O–H groups in total. The van der Waals surface area contributed by atoms with Gasteiger partial charge in [-0.3, -0.25) is 0 Å². The molecule has 2 atom stereocenters. The topological polar surface area (TPSA) is 32.3 Å². The Bertz CT molecular complexity index is 456. The van der Waals surface area contributed by atoms with E-state index in [1.807, 2.05) is 13.8 Å². The highest BCUT2D eigenvalue weighted by molar-refractivity contribution is 5.28. The second kappa shape index (κ2) is 4.80. The van der Waals surface area contributed by atoms with Gasteiger partial charge in [0.15, 0.2) is 0 Å². The molecule has 1 aliphatic rings. The fourth-order valence-corrected chi connectivity index (χ4v) is 2.53. The van der Waals surface area contributed by atoms with Crippen LogP contribution >= 0.6 is 0 Å². The molecule has 0 amide bonds. The zero-order valence-electron chi connectivity index (χ0n) is 11.0. The van der Waals surface area contributed by atoms with E-state index in [4.69, 9.17) is 0 Å². The third-order valence-corrected chi connectivity index (χ3v) is 3.59. The Morgan fingerprint density at radius 2 is 2.05 bits per heavy atom. The predicted octanol–water partition coefficient (Wildman–Crippen LogP) is 3.27. The highest BCUT2D eigenvalue weighted by Gasteiger charge is 2.36. The smallest absolute Gasteiger partial charge is 0.387 e. The molecule has 0 saturated carbocycles. The van der Waals surface area contributed by atoms with Gasteiger partial charge in [0.25, 0.3) is 0 Å². The molecule has 2 nitrogen and oxygen atoms in total. The summed E-state index contributed by atoms with van der Waals surface area (Å²) >= 11 is 0. The van der Waals surface area contributed by atoms with E-state index in [-0.39, 0.29) is 11.6 Å². The molecule has 1 heterocycles. The van der Waals surface area contributed by atoms with Gasteiger partial charge >= 0.3 is 6.18 Å². The van der Waals surface area contributed by atoms with E-state index < -0.39 is 17.8 Å². The molecule has 1 fully saturated rings. The zero-order valence-corrected chi connectivity index (χ0v) is 11.0. The Hall–Kier alpha value is -1.07. The van der Waals surface area contributed by atoms with Crippen LogP contribution < -0.4 is 5.32 Å². The summed E-state index contributed by atoms with van der Waals surface area (Å²) in [6.07, 6.45) is -3.64. The van der Waals surface area contributed by atoms with Crippen molar-refractivity contribution in [2.75, 3.05) is 0 Å². The molecule has 5 heteroatoms. The maximum Gasteiger partial charge on any atom is 0.416 e. The Morgan fingerprint density at radius 3 is 2.58 bits per heavy atom. The van der Waals surface area contributed by atoms with E-state index in [2.05, 4.69) is 5.32 Å². The van der Waals surface area contributed by atoms with Gasteiger partial charge in [0.1, 0.15) is 0 Å². The molecule has 0 aromatic heterocycles. The molecule has 2 rings (SSSR count). The molecular formula is C14H18F3NO. The van der Waals surface area contributed by atoms with Crippen LogP contribution in [0.25, 0.3) is 0 Å². The van der Waals surface area contributed by atoms with Crippen LogP contribution in [0, 0.1) is 0 Å². The van der Waals surface area contributed by atoms with Crippen LogP contribution in [0.5, 0.6) is 0 Å². The first-order chi connectivity index (χ1) is 8.69. The van der Waals surface area contributed by atoms with Crippen LogP contribution in [-0.4, -0.2) is 16.7 Å². The molecule has 19 heavy (non-hydrogen) atoms. The number of aliphatic hydroxyl groups is 1. The number of alkyl halides is 3. The molecule has 0 aliphatic carbocycles. The van der Waals surface area contributed by atoms with E-state index in [1.54, 1.807) is 0 Å². The lowest BCUT2D eigenvalue weighted by molar-refractivity contribution is -0.137. The molecule has 0 spiro atoms. The highest BCUT2D eigenvalue weighted by atomic mass is 19.4. The average molecular weight is 273 g/mol. The normalized spacial score (nSPS) is 24.4. The van der Waals surface area contributed by atoms with Crippen molar-refractivity contribution in [3.8, 4) is 0 Å². The number of benzene rings is 1. The van der Waals surface area contributed by atoms with Crippen molar-refractivity contribution >= 4 is 0 Å². The van der Waals surface area contributed by atoms with Crippen molar-refractivity contribution < 1.29 is 18.3 Å². The SMILES string of the molecule is CC1(C)CC[C@@H]([C@H](O)c2cccc(C(F)(F)F)c2)N1. The summed E-state index contributed by atoms with van der Waals surface area (Å²) in [5, 5.41) is 13.5. The molecule has 1 saturated heterocycles. The van der Waals surface area contributed by atoms with Crippen molar-refractivity contribution in [1.82, 2.24) is 5.32 Å². The average Bonchev–Trinajstić information content (AvgIpc) is 2.68. The Balaban J connectivity index is 2.18.